The third-order valence-corrected chi connectivity index (χ3v) is 4.57. The molecule has 0 spiro atoms. The number of carbonyl (C=O) groups is 1. The Kier molecular flexibility index (Phi) is 3.44. The van der Waals surface area contributed by atoms with Crippen LogP contribution in [-0.4, -0.2) is 25.8 Å². The molecule has 0 aliphatic carbocycles. The first kappa shape index (κ1) is 15.8. The Bertz CT molecular complexity index is 1120. The summed E-state index contributed by atoms with van der Waals surface area (Å²) in [5.74, 6) is -1.09. The number of carboxylic acids is 1. The molecule has 8 heteroatoms. The Morgan fingerprint density at radius 1 is 1.50 bits per heavy atom. The lowest BCUT2D eigenvalue weighted by Crippen LogP contribution is -2.21. The Balaban J connectivity index is 2.01. The predicted molar refractivity (Wildman–Crippen MR) is 92.2 cm³/mol. The zero-order valence-corrected chi connectivity index (χ0v) is 13.9. The summed E-state index contributed by atoms with van der Waals surface area (Å²) in [6.07, 6.45) is 1.76. The number of fused-ring (bicyclic) bond motifs is 2. The SMILES string of the molecule is Cc1[nH]nc2c1C(c1cn(CC(=O)O)c3ccccc13)C(C#N)=C(N)O2. The van der Waals surface area contributed by atoms with E-state index in [4.69, 9.17) is 10.5 Å². The van der Waals surface area contributed by atoms with E-state index in [-0.39, 0.29) is 18.0 Å². The van der Waals surface area contributed by atoms with Crippen molar-refractivity contribution in [2.24, 2.45) is 5.73 Å². The van der Waals surface area contributed by atoms with E-state index in [2.05, 4.69) is 16.3 Å². The number of aromatic amines is 1. The van der Waals surface area contributed by atoms with Crippen molar-refractivity contribution in [3.05, 3.63) is 58.7 Å². The standard InChI is InChI=1S/C18H15N5O3/c1-9-15-16(11(6-19)17(20)26-18(15)22-21-9)12-7-23(8-14(24)25)13-5-3-2-4-10(12)13/h2-5,7,16H,8,20H2,1H3,(H,21,22)(H,24,25). The number of nitrogens with two attached hydrogens (primary N) is 1. The second-order valence-corrected chi connectivity index (χ2v) is 6.12. The van der Waals surface area contributed by atoms with Crippen LogP contribution in [0.2, 0.25) is 0 Å². The molecule has 3 heterocycles. The molecule has 3 aromatic rings. The Labute approximate surface area is 148 Å². The average molecular weight is 349 g/mol. The van der Waals surface area contributed by atoms with Crippen LogP contribution in [0.4, 0.5) is 0 Å². The molecule has 1 unspecified atom stereocenters. The van der Waals surface area contributed by atoms with Gasteiger partial charge in [0.15, 0.2) is 0 Å². The molecule has 2 aromatic heterocycles. The highest BCUT2D eigenvalue weighted by molar-refractivity contribution is 5.87. The maximum absolute atomic E-state index is 11.2. The van der Waals surface area contributed by atoms with Crippen molar-refractivity contribution in [2.75, 3.05) is 0 Å². The van der Waals surface area contributed by atoms with Crippen LogP contribution >= 0.6 is 0 Å². The summed E-state index contributed by atoms with van der Waals surface area (Å²) in [7, 11) is 0. The Morgan fingerprint density at radius 2 is 2.27 bits per heavy atom. The number of carboxylic acid groups (broad SMARTS) is 1. The fraction of sp³-hybridized carbons (Fsp3) is 0.167. The third kappa shape index (κ3) is 2.22. The average Bonchev–Trinajstić information content (AvgIpc) is 3.15. The van der Waals surface area contributed by atoms with Crippen LogP contribution in [0.25, 0.3) is 10.9 Å². The van der Waals surface area contributed by atoms with Gasteiger partial charge in [0.1, 0.15) is 18.2 Å². The number of rotatable bonds is 3. The molecule has 0 radical (unpaired) electrons. The molecule has 4 N–H and O–H groups in total. The fourth-order valence-electron chi connectivity index (χ4n) is 3.49. The van der Waals surface area contributed by atoms with E-state index in [0.29, 0.717) is 5.88 Å². The molecule has 8 nitrogen and oxygen atoms in total. The molecule has 0 saturated heterocycles. The molecule has 1 atom stereocenters. The van der Waals surface area contributed by atoms with E-state index in [1.807, 2.05) is 31.2 Å². The van der Waals surface area contributed by atoms with Gasteiger partial charge in [-0.25, -0.2) is 0 Å². The molecule has 0 fully saturated rings. The van der Waals surface area contributed by atoms with E-state index in [0.717, 1.165) is 27.7 Å². The number of para-hydroxylation sites is 1. The summed E-state index contributed by atoms with van der Waals surface area (Å²) < 4.78 is 7.14. The summed E-state index contributed by atoms with van der Waals surface area (Å²) >= 11 is 0. The van der Waals surface area contributed by atoms with Crippen LogP contribution in [0.3, 0.4) is 0 Å². The number of ether oxygens (including phenoxy) is 1. The van der Waals surface area contributed by atoms with E-state index in [9.17, 15) is 15.2 Å². The number of aliphatic carboxylic acids is 1. The molecular weight excluding hydrogens is 334 g/mol. The summed E-state index contributed by atoms with van der Waals surface area (Å²) in [6.45, 7) is 1.66. The third-order valence-electron chi connectivity index (χ3n) is 4.57. The van der Waals surface area contributed by atoms with Crippen LogP contribution in [0.5, 0.6) is 5.88 Å². The molecule has 130 valence electrons. The molecule has 4 rings (SSSR count). The minimum absolute atomic E-state index is 0.00608. The number of aromatic nitrogens is 3. The normalized spacial score (nSPS) is 16.2. The number of hydrogen-bond donors (Lipinski definition) is 3. The van der Waals surface area contributed by atoms with Crippen LogP contribution in [-0.2, 0) is 11.3 Å². The van der Waals surface area contributed by atoms with Gasteiger partial charge in [-0.1, -0.05) is 18.2 Å². The number of benzene rings is 1. The monoisotopic (exact) mass is 349 g/mol. The molecule has 1 aliphatic heterocycles. The van der Waals surface area contributed by atoms with Crippen LogP contribution in [0.1, 0.15) is 22.7 Å². The van der Waals surface area contributed by atoms with Crippen molar-refractivity contribution < 1.29 is 14.6 Å². The second kappa shape index (κ2) is 5.67. The predicted octanol–water partition coefficient (Wildman–Crippen LogP) is 1.98. The number of H-pyrrole nitrogens is 1. The second-order valence-electron chi connectivity index (χ2n) is 6.12. The van der Waals surface area contributed by atoms with Crippen molar-refractivity contribution in [3.8, 4) is 11.9 Å². The van der Waals surface area contributed by atoms with Crippen molar-refractivity contribution in [1.82, 2.24) is 14.8 Å². The molecule has 0 saturated carbocycles. The molecule has 1 aliphatic rings. The van der Waals surface area contributed by atoms with E-state index in [1.54, 1.807) is 10.8 Å². The number of aryl methyl sites for hydroxylation is 1. The minimum Gasteiger partial charge on any atom is -0.480 e. The fourth-order valence-corrected chi connectivity index (χ4v) is 3.49. The van der Waals surface area contributed by atoms with Gasteiger partial charge < -0.3 is 20.1 Å². The maximum atomic E-state index is 11.2. The quantitative estimate of drug-likeness (QED) is 0.663. The van der Waals surface area contributed by atoms with Gasteiger partial charge >= 0.3 is 5.97 Å². The molecule has 26 heavy (non-hydrogen) atoms. The summed E-state index contributed by atoms with van der Waals surface area (Å²) in [4.78, 5) is 11.2. The van der Waals surface area contributed by atoms with Gasteiger partial charge in [0, 0.05) is 28.4 Å². The van der Waals surface area contributed by atoms with Crippen LogP contribution < -0.4 is 10.5 Å². The number of nitriles is 1. The van der Waals surface area contributed by atoms with Gasteiger partial charge in [0.25, 0.3) is 0 Å². The lowest BCUT2D eigenvalue weighted by Gasteiger charge is -2.23. The number of hydrogen-bond acceptors (Lipinski definition) is 5. The molecule has 1 aromatic carbocycles. The van der Waals surface area contributed by atoms with Gasteiger partial charge in [0.05, 0.1) is 5.92 Å². The summed E-state index contributed by atoms with van der Waals surface area (Å²) in [5, 5.41) is 26.7. The van der Waals surface area contributed by atoms with Gasteiger partial charge in [-0.15, -0.1) is 5.10 Å². The highest BCUT2D eigenvalue weighted by Gasteiger charge is 2.36. The molecule has 0 amide bonds. The van der Waals surface area contributed by atoms with Crippen molar-refractivity contribution in [2.45, 2.75) is 19.4 Å². The zero-order chi connectivity index (χ0) is 18.4. The van der Waals surface area contributed by atoms with E-state index >= 15 is 0 Å². The maximum Gasteiger partial charge on any atom is 0.323 e. The van der Waals surface area contributed by atoms with Crippen LogP contribution in [0.15, 0.2) is 41.9 Å². The zero-order valence-electron chi connectivity index (χ0n) is 13.9. The van der Waals surface area contributed by atoms with Gasteiger partial charge in [-0.3, -0.25) is 9.89 Å². The van der Waals surface area contributed by atoms with E-state index < -0.39 is 11.9 Å². The van der Waals surface area contributed by atoms with E-state index in [1.165, 1.54) is 0 Å². The number of allylic oxidation sites excluding steroid dienone is 1. The van der Waals surface area contributed by atoms with Crippen molar-refractivity contribution in [1.29, 1.82) is 5.26 Å². The number of nitrogens with one attached hydrogen (secondary N) is 1. The molecular formula is C18H15N5O3. The van der Waals surface area contributed by atoms with Gasteiger partial charge in [-0.05, 0) is 18.6 Å². The minimum atomic E-state index is -0.944. The largest absolute Gasteiger partial charge is 0.480 e. The first-order valence-electron chi connectivity index (χ1n) is 7.93. The number of nitrogens with zero attached hydrogens (tertiary/aromatic N) is 3. The lowest BCUT2D eigenvalue weighted by atomic mass is 9.84. The van der Waals surface area contributed by atoms with Crippen molar-refractivity contribution >= 4 is 16.9 Å². The lowest BCUT2D eigenvalue weighted by molar-refractivity contribution is -0.137. The van der Waals surface area contributed by atoms with Gasteiger partial charge in [0.2, 0.25) is 11.8 Å². The first-order valence-corrected chi connectivity index (χ1v) is 7.93. The highest BCUT2D eigenvalue weighted by Crippen LogP contribution is 2.45. The topological polar surface area (TPSA) is 130 Å². The molecule has 0 bridgehead atoms. The van der Waals surface area contributed by atoms with Crippen LogP contribution in [0, 0.1) is 18.3 Å². The summed E-state index contributed by atoms with van der Waals surface area (Å²) in [5.41, 5.74) is 9.29. The Hall–Kier alpha value is -3.73. The van der Waals surface area contributed by atoms with Crippen molar-refractivity contribution in [3.63, 3.8) is 0 Å². The highest BCUT2D eigenvalue weighted by atomic mass is 16.5. The first-order chi connectivity index (χ1) is 12.5. The Morgan fingerprint density at radius 3 is 3.00 bits per heavy atom. The summed E-state index contributed by atoms with van der Waals surface area (Å²) in [6, 6.07) is 9.61. The van der Waals surface area contributed by atoms with Gasteiger partial charge in [-0.2, -0.15) is 5.26 Å². The smallest absolute Gasteiger partial charge is 0.323 e.